The molecule has 3 aliphatic carbocycles. The van der Waals surface area contributed by atoms with Crippen molar-refractivity contribution in [2.45, 2.75) is 182 Å². The van der Waals surface area contributed by atoms with Gasteiger partial charge in [0.15, 0.2) is 0 Å². The summed E-state index contributed by atoms with van der Waals surface area (Å²) in [6.07, 6.45) is 17.9. The van der Waals surface area contributed by atoms with Crippen molar-refractivity contribution in [1.82, 2.24) is 0 Å². The maximum Gasteiger partial charge on any atom is 0.123 e. The summed E-state index contributed by atoms with van der Waals surface area (Å²) >= 11 is 4.16. The van der Waals surface area contributed by atoms with Crippen molar-refractivity contribution in [3.63, 3.8) is 0 Å². The molecule has 0 spiro atoms. The van der Waals surface area contributed by atoms with E-state index in [0.717, 1.165) is 59.4 Å². The van der Waals surface area contributed by atoms with Gasteiger partial charge >= 0.3 is 0 Å². The zero-order chi connectivity index (χ0) is 40.3. The Morgan fingerprint density at radius 1 is 0.491 bits per heavy atom. The molecule has 4 aromatic rings. The van der Waals surface area contributed by atoms with E-state index in [0.29, 0.717) is 22.0 Å². The van der Waals surface area contributed by atoms with E-state index >= 15 is 0 Å². The van der Waals surface area contributed by atoms with Crippen molar-refractivity contribution in [2.75, 3.05) is 0 Å². The van der Waals surface area contributed by atoms with Crippen molar-refractivity contribution in [2.24, 2.45) is 0 Å². The first kappa shape index (κ1) is 42.3. The fourth-order valence-electron chi connectivity index (χ4n) is 10.5. The Balaban J connectivity index is 1.18. The van der Waals surface area contributed by atoms with E-state index in [1.165, 1.54) is 92.9 Å². The number of rotatable bonds is 10. The van der Waals surface area contributed by atoms with Crippen LogP contribution >= 0.6 is 23.5 Å². The molecule has 3 saturated carbocycles. The van der Waals surface area contributed by atoms with E-state index in [4.69, 9.17) is 0 Å². The summed E-state index contributed by atoms with van der Waals surface area (Å²) in [4.78, 5) is 0. The SMILES string of the molecule is CC(C)(C)c1cc(CSC2CCCCCC2SCc2cc(C(C)(C)C)cc(C3(c4ccccc4)CCCCC3)c2O)c(O)c(C2(c3ccccc3)CCCCC2)c1. The predicted molar refractivity (Wildman–Crippen MR) is 247 cm³/mol. The van der Waals surface area contributed by atoms with Crippen molar-refractivity contribution in [1.29, 1.82) is 0 Å². The van der Waals surface area contributed by atoms with Crippen LogP contribution in [-0.4, -0.2) is 20.7 Å². The minimum atomic E-state index is -0.149. The lowest BCUT2D eigenvalue weighted by atomic mass is 9.64. The molecule has 4 aromatic carbocycles. The van der Waals surface area contributed by atoms with Gasteiger partial charge in [0.1, 0.15) is 11.5 Å². The minimum Gasteiger partial charge on any atom is -0.507 e. The van der Waals surface area contributed by atoms with Crippen LogP contribution in [0.3, 0.4) is 0 Å². The quantitative estimate of drug-likeness (QED) is 0.157. The molecule has 3 fully saturated rings. The Morgan fingerprint density at radius 2 is 0.842 bits per heavy atom. The second-order valence-corrected chi connectivity index (χ2v) is 22.4. The summed E-state index contributed by atoms with van der Waals surface area (Å²) in [7, 11) is 0. The van der Waals surface area contributed by atoms with Gasteiger partial charge in [0, 0.05) is 55.1 Å². The standard InChI is InChI=1S/C53H70O2S2/c1-50(2,3)42-32-38(48(54)44(34-42)52(28-18-10-19-29-52)40-22-12-7-13-23-40)36-56-46-26-16-9-17-27-47(46)57-37-39-33-43(51(4,5)6)35-45(49(39)55)53(30-20-11-21-31-53)41-24-14-8-15-25-41/h7-8,12-15,22-25,32-35,46-47,54-55H,9-11,16-21,26-31,36-37H2,1-6H3. The molecule has 0 radical (unpaired) electrons. The molecule has 3 aliphatic rings. The molecular weight excluding hydrogens is 733 g/mol. The lowest BCUT2D eigenvalue weighted by Crippen LogP contribution is -2.31. The molecule has 2 unspecified atom stereocenters. The third kappa shape index (κ3) is 9.18. The second kappa shape index (κ2) is 17.8. The Labute approximate surface area is 354 Å². The maximum atomic E-state index is 12.4. The van der Waals surface area contributed by atoms with Gasteiger partial charge in [0.05, 0.1) is 0 Å². The highest BCUT2D eigenvalue weighted by molar-refractivity contribution is 8.03. The van der Waals surface area contributed by atoms with E-state index in [9.17, 15) is 10.2 Å². The highest BCUT2D eigenvalue weighted by atomic mass is 32.2. The normalized spacial score (nSPS) is 21.5. The zero-order valence-electron chi connectivity index (χ0n) is 36.0. The van der Waals surface area contributed by atoms with Gasteiger partial charge in [0.25, 0.3) is 0 Å². The highest BCUT2D eigenvalue weighted by Crippen LogP contribution is 2.52. The third-order valence-corrected chi connectivity index (χ3v) is 17.1. The molecular formula is C53H70O2S2. The Hall–Kier alpha value is -2.82. The zero-order valence-corrected chi connectivity index (χ0v) is 37.6. The molecule has 4 heteroatoms. The number of hydrogen-bond acceptors (Lipinski definition) is 4. The summed E-state index contributed by atoms with van der Waals surface area (Å²) in [5.74, 6) is 2.71. The Kier molecular flexibility index (Phi) is 13.2. The van der Waals surface area contributed by atoms with E-state index < -0.39 is 0 Å². The average Bonchev–Trinajstić information content (AvgIpc) is 3.45. The molecule has 2 N–H and O–H groups in total. The van der Waals surface area contributed by atoms with Crippen molar-refractivity contribution in [3.8, 4) is 11.5 Å². The Bertz CT molecular complexity index is 1780. The summed E-state index contributed by atoms with van der Waals surface area (Å²) < 4.78 is 0. The van der Waals surface area contributed by atoms with Gasteiger partial charge in [-0.2, -0.15) is 23.5 Å². The van der Waals surface area contributed by atoms with Crippen LogP contribution in [0.2, 0.25) is 0 Å². The van der Waals surface area contributed by atoms with Crippen LogP contribution in [0.25, 0.3) is 0 Å². The molecule has 306 valence electrons. The first-order valence-electron chi connectivity index (χ1n) is 22.4. The predicted octanol–water partition coefficient (Wildman–Crippen LogP) is 15.1. The molecule has 2 nitrogen and oxygen atoms in total. The van der Waals surface area contributed by atoms with Crippen LogP contribution in [0.1, 0.15) is 182 Å². The van der Waals surface area contributed by atoms with E-state index in [2.05, 4.69) is 150 Å². The van der Waals surface area contributed by atoms with Gasteiger partial charge < -0.3 is 10.2 Å². The van der Waals surface area contributed by atoms with E-state index in [-0.39, 0.29) is 21.7 Å². The summed E-state index contributed by atoms with van der Waals surface area (Å²) in [6, 6.07) is 31.5. The average molecular weight is 803 g/mol. The van der Waals surface area contributed by atoms with Crippen molar-refractivity contribution in [3.05, 3.63) is 129 Å². The largest absolute Gasteiger partial charge is 0.507 e. The van der Waals surface area contributed by atoms with Crippen LogP contribution in [0.4, 0.5) is 0 Å². The topological polar surface area (TPSA) is 40.5 Å². The van der Waals surface area contributed by atoms with Gasteiger partial charge in [-0.15, -0.1) is 0 Å². The first-order chi connectivity index (χ1) is 27.3. The molecule has 0 bridgehead atoms. The monoisotopic (exact) mass is 802 g/mol. The Morgan fingerprint density at radius 3 is 1.19 bits per heavy atom. The summed E-state index contributed by atoms with van der Waals surface area (Å²) in [5, 5.41) is 25.7. The van der Waals surface area contributed by atoms with Gasteiger partial charge in [-0.05, 0) is 71.6 Å². The van der Waals surface area contributed by atoms with Gasteiger partial charge in [-0.25, -0.2) is 0 Å². The summed E-state index contributed by atoms with van der Waals surface area (Å²) in [5.41, 5.74) is 9.54. The lowest BCUT2D eigenvalue weighted by molar-refractivity contribution is 0.331. The summed E-state index contributed by atoms with van der Waals surface area (Å²) in [6.45, 7) is 13.9. The molecule has 2 atom stereocenters. The highest BCUT2D eigenvalue weighted by Gasteiger charge is 2.41. The van der Waals surface area contributed by atoms with Gasteiger partial charge in [-0.1, -0.05) is 184 Å². The van der Waals surface area contributed by atoms with Crippen molar-refractivity contribution >= 4 is 23.5 Å². The third-order valence-electron chi connectivity index (χ3n) is 14.0. The molecule has 0 saturated heterocycles. The molecule has 57 heavy (non-hydrogen) atoms. The molecule has 0 aromatic heterocycles. The smallest absolute Gasteiger partial charge is 0.123 e. The molecule has 0 aliphatic heterocycles. The maximum absolute atomic E-state index is 12.4. The van der Waals surface area contributed by atoms with Crippen LogP contribution < -0.4 is 0 Å². The van der Waals surface area contributed by atoms with Crippen LogP contribution in [0.15, 0.2) is 84.9 Å². The number of phenolic OH excluding ortho intramolecular Hbond substituents is 2. The number of thioether (sulfide) groups is 2. The fraction of sp³-hybridized carbons (Fsp3) is 0.547. The van der Waals surface area contributed by atoms with Crippen LogP contribution in [0, 0.1) is 0 Å². The van der Waals surface area contributed by atoms with Crippen LogP contribution in [0.5, 0.6) is 11.5 Å². The number of benzene rings is 4. The van der Waals surface area contributed by atoms with E-state index in [1.807, 2.05) is 0 Å². The van der Waals surface area contributed by atoms with E-state index in [1.54, 1.807) is 0 Å². The fourth-order valence-corrected chi connectivity index (χ4v) is 13.5. The lowest BCUT2D eigenvalue weighted by Gasteiger charge is -2.40. The molecule has 0 heterocycles. The van der Waals surface area contributed by atoms with Gasteiger partial charge in [-0.3, -0.25) is 0 Å². The second-order valence-electron chi connectivity index (χ2n) is 19.9. The number of hydrogen-bond donors (Lipinski definition) is 2. The van der Waals surface area contributed by atoms with Crippen molar-refractivity contribution < 1.29 is 10.2 Å². The van der Waals surface area contributed by atoms with Crippen LogP contribution in [-0.2, 0) is 33.2 Å². The molecule has 0 amide bonds. The first-order valence-corrected chi connectivity index (χ1v) is 24.5. The number of aromatic hydroxyl groups is 2. The molecule has 7 rings (SSSR count). The minimum absolute atomic E-state index is 0.0196. The van der Waals surface area contributed by atoms with Gasteiger partial charge in [0.2, 0.25) is 0 Å². The number of phenols is 2.